The van der Waals surface area contributed by atoms with Gasteiger partial charge in [-0.05, 0) is 56.5 Å². The van der Waals surface area contributed by atoms with Crippen molar-refractivity contribution in [2.24, 2.45) is 0 Å². The molecule has 0 atom stereocenters. The van der Waals surface area contributed by atoms with Gasteiger partial charge in [0, 0.05) is 51.0 Å². The van der Waals surface area contributed by atoms with Crippen LogP contribution in [-0.4, -0.2) is 66.7 Å². The van der Waals surface area contributed by atoms with Crippen molar-refractivity contribution >= 4 is 17.7 Å². The van der Waals surface area contributed by atoms with Crippen LogP contribution in [0.2, 0.25) is 0 Å². The number of hydrogen-bond acceptors (Lipinski definition) is 6. The number of carbonyl (C=O) groups is 1. The minimum Gasteiger partial charge on any atom is -0.494 e. The van der Waals surface area contributed by atoms with Crippen LogP contribution in [0.1, 0.15) is 36.5 Å². The number of hydrogen-bond donors (Lipinski definition) is 0. The van der Waals surface area contributed by atoms with E-state index in [0.717, 1.165) is 43.7 Å². The van der Waals surface area contributed by atoms with Crippen molar-refractivity contribution in [1.82, 2.24) is 14.9 Å². The molecule has 2 aromatic rings. The molecule has 2 aliphatic heterocycles. The summed E-state index contributed by atoms with van der Waals surface area (Å²) >= 11 is 0. The molecule has 0 radical (unpaired) electrons. The second-order valence-electron chi connectivity index (χ2n) is 7.50. The number of rotatable bonds is 5. The van der Waals surface area contributed by atoms with Gasteiger partial charge in [0.05, 0.1) is 6.61 Å². The van der Waals surface area contributed by atoms with E-state index in [0.29, 0.717) is 25.3 Å². The minimum atomic E-state index is 0.0735. The van der Waals surface area contributed by atoms with Crippen molar-refractivity contribution in [2.45, 2.75) is 26.2 Å². The Morgan fingerprint density at radius 1 is 0.931 bits per heavy atom. The SMILES string of the molecule is CCOc1ccc(C(=O)N2CCN(c3ccnc(N4CCCCC4)n3)CC2)cc1. The second-order valence-corrected chi connectivity index (χ2v) is 7.50. The summed E-state index contributed by atoms with van der Waals surface area (Å²) in [6, 6.07) is 9.37. The first kappa shape index (κ1) is 19.5. The Kier molecular flexibility index (Phi) is 6.12. The topological polar surface area (TPSA) is 61.8 Å². The molecule has 2 fully saturated rings. The Morgan fingerprint density at radius 2 is 1.66 bits per heavy atom. The Hall–Kier alpha value is -2.83. The maximum Gasteiger partial charge on any atom is 0.253 e. The summed E-state index contributed by atoms with van der Waals surface area (Å²) in [5.74, 6) is 2.65. The van der Waals surface area contributed by atoms with E-state index in [4.69, 9.17) is 9.72 Å². The fourth-order valence-electron chi connectivity index (χ4n) is 3.94. The van der Waals surface area contributed by atoms with Gasteiger partial charge in [0.15, 0.2) is 0 Å². The number of benzene rings is 1. The lowest BCUT2D eigenvalue weighted by Crippen LogP contribution is -2.49. The van der Waals surface area contributed by atoms with E-state index in [1.807, 2.05) is 48.4 Å². The highest BCUT2D eigenvalue weighted by Gasteiger charge is 2.24. The zero-order chi connectivity index (χ0) is 20.1. The lowest BCUT2D eigenvalue weighted by molar-refractivity contribution is 0.0746. The van der Waals surface area contributed by atoms with Crippen molar-refractivity contribution in [3.8, 4) is 5.75 Å². The van der Waals surface area contributed by atoms with Crippen molar-refractivity contribution in [3.05, 3.63) is 42.1 Å². The van der Waals surface area contributed by atoms with Crippen LogP contribution in [0.3, 0.4) is 0 Å². The summed E-state index contributed by atoms with van der Waals surface area (Å²) in [5, 5.41) is 0. The zero-order valence-electron chi connectivity index (χ0n) is 17.1. The van der Waals surface area contributed by atoms with E-state index in [2.05, 4.69) is 14.8 Å². The molecule has 0 unspecified atom stereocenters. The van der Waals surface area contributed by atoms with E-state index in [-0.39, 0.29) is 5.91 Å². The number of ether oxygens (including phenoxy) is 1. The van der Waals surface area contributed by atoms with Gasteiger partial charge in [0.1, 0.15) is 11.6 Å². The molecule has 1 aromatic carbocycles. The van der Waals surface area contributed by atoms with Crippen molar-refractivity contribution < 1.29 is 9.53 Å². The summed E-state index contributed by atoms with van der Waals surface area (Å²) in [7, 11) is 0. The molecule has 0 saturated carbocycles. The van der Waals surface area contributed by atoms with E-state index in [9.17, 15) is 4.79 Å². The molecule has 0 N–H and O–H groups in total. The molecule has 1 amide bonds. The average Bonchev–Trinajstić information content (AvgIpc) is 2.80. The predicted molar refractivity (Wildman–Crippen MR) is 114 cm³/mol. The quantitative estimate of drug-likeness (QED) is 0.776. The van der Waals surface area contributed by atoms with Gasteiger partial charge >= 0.3 is 0 Å². The normalized spacial score (nSPS) is 17.3. The molecule has 3 heterocycles. The Morgan fingerprint density at radius 3 is 2.34 bits per heavy atom. The molecule has 0 spiro atoms. The molecule has 4 rings (SSSR count). The number of amides is 1. The summed E-state index contributed by atoms with van der Waals surface area (Å²) in [6.45, 7) is 7.58. The fourth-order valence-corrected chi connectivity index (χ4v) is 3.94. The smallest absolute Gasteiger partial charge is 0.253 e. The van der Waals surface area contributed by atoms with Crippen LogP contribution < -0.4 is 14.5 Å². The first-order chi connectivity index (χ1) is 14.2. The third kappa shape index (κ3) is 4.60. The van der Waals surface area contributed by atoms with Gasteiger partial charge in [0.25, 0.3) is 5.91 Å². The van der Waals surface area contributed by atoms with Crippen LogP contribution in [0, 0.1) is 0 Å². The number of nitrogens with zero attached hydrogens (tertiary/aromatic N) is 5. The van der Waals surface area contributed by atoms with Gasteiger partial charge < -0.3 is 19.4 Å². The van der Waals surface area contributed by atoms with E-state index in [1.165, 1.54) is 19.3 Å². The lowest BCUT2D eigenvalue weighted by Gasteiger charge is -2.36. The zero-order valence-corrected chi connectivity index (χ0v) is 17.1. The molecule has 2 saturated heterocycles. The largest absolute Gasteiger partial charge is 0.494 e. The molecule has 154 valence electrons. The summed E-state index contributed by atoms with van der Waals surface area (Å²) in [5.41, 5.74) is 0.705. The van der Waals surface area contributed by atoms with Crippen molar-refractivity contribution in [1.29, 1.82) is 0 Å². The van der Waals surface area contributed by atoms with Crippen LogP contribution in [0.4, 0.5) is 11.8 Å². The molecule has 2 aliphatic rings. The standard InChI is InChI=1S/C22H29N5O2/c1-2-29-19-8-6-18(7-9-19)21(28)26-16-14-25(15-17-26)20-10-11-23-22(24-20)27-12-4-3-5-13-27/h6-11H,2-5,12-17H2,1H3. The van der Waals surface area contributed by atoms with Gasteiger partial charge in [-0.15, -0.1) is 0 Å². The molecule has 0 aliphatic carbocycles. The highest BCUT2D eigenvalue weighted by Crippen LogP contribution is 2.21. The first-order valence-electron chi connectivity index (χ1n) is 10.6. The Balaban J connectivity index is 1.36. The monoisotopic (exact) mass is 395 g/mol. The lowest BCUT2D eigenvalue weighted by atomic mass is 10.1. The van der Waals surface area contributed by atoms with Gasteiger partial charge in [-0.25, -0.2) is 4.98 Å². The van der Waals surface area contributed by atoms with Crippen molar-refractivity contribution in [3.63, 3.8) is 0 Å². The average molecular weight is 396 g/mol. The number of aromatic nitrogens is 2. The van der Waals surface area contributed by atoms with E-state index >= 15 is 0 Å². The van der Waals surface area contributed by atoms with E-state index < -0.39 is 0 Å². The van der Waals surface area contributed by atoms with Gasteiger partial charge in [-0.2, -0.15) is 4.98 Å². The predicted octanol–water partition coefficient (Wildman–Crippen LogP) is 2.83. The van der Waals surface area contributed by atoms with Gasteiger partial charge in [-0.1, -0.05) is 0 Å². The molecule has 29 heavy (non-hydrogen) atoms. The Labute approximate surface area is 172 Å². The molecular formula is C22H29N5O2. The minimum absolute atomic E-state index is 0.0735. The summed E-state index contributed by atoms with van der Waals surface area (Å²) < 4.78 is 5.46. The highest BCUT2D eigenvalue weighted by atomic mass is 16.5. The van der Waals surface area contributed by atoms with Gasteiger partial charge in [-0.3, -0.25) is 4.79 Å². The fraction of sp³-hybridized carbons (Fsp3) is 0.500. The summed E-state index contributed by atoms with van der Waals surface area (Å²) in [4.78, 5) is 28.5. The Bertz CT molecular complexity index is 812. The maximum atomic E-state index is 12.8. The number of carbonyl (C=O) groups excluding carboxylic acids is 1. The molecule has 7 nitrogen and oxygen atoms in total. The van der Waals surface area contributed by atoms with Crippen molar-refractivity contribution in [2.75, 3.05) is 55.7 Å². The third-order valence-electron chi connectivity index (χ3n) is 5.57. The van der Waals surface area contributed by atoms with Crippen LogP contribution in [-0.2, 0) is 0 Å². The third-order valence-corrected chi connectivity index (χ3v) is 5.57. The molecule has 1 aromatic heterocycles. The second kappa shape index (κ2) is 9.11. The molecular weight excluding hydrogens is 366 g/mol. The molecule has 0 bridgehead atoms. The number of piperidine rings is 1. The molecule has 7 heteroatoms. The number of anilines is 2. The van der Waals surface area contributed by atoms with Crippen LogP contribution in [0.25, 0.3) is 0 Å². The maximum absolute atomic E-state index is 12.8. The number of piperazine rings is 1. The summed E-state index contributed by atoms with van der Waals surface area (Å²) in [6.07, 6.45) is 5.56. The van der Waals surface area contributed by atoms with Crippen LogP contribution in [0.5, 0.6) is 5.75 Å². The van der Waals surface area contributed by atoms with Crippen LogP contribution >= 0.6 is 0 Å². The van der Waals surface area contributed by atoms with Gasteiger partial charge in [0.2, 0.25) is 5.95 Å². The highest BCUT2D eigenvalue weighted by molar-refractivity contribution is 5.94. The van der Waals surface area contributed by atoms with E-state index in [1.54, 1.807) is 0 Å². The van der Waals surface area contributed by atoms with Crippen LogP contribution in [0.15, 0.2) is 36.5 Å². The first-order valence-corrected chi connectivity index (χ1v) is 10.6.